The van der Waals surface area contributed by atoms with Crippen molar-refractivity contribution in [3.63, 3.8) is 0 Å². The van der Waals surface area contributed by atoms with Crippen molar-refractivity contribution in [2.24, 2.45) is 0 Å². The van der Waals surface area contributed by atoms with Gasteiger partial charge >= 0.3 is 0 Å². The molecular formula is C18H14ClFN2O3S2. The summed E-state index contributed by atoms with van der Waals surface area (Å²) in [7, 11) is -4.10. The molecule has 0 aliphatic heterocycles. The number of hydrogen-bond acceptors (Lipinski definition) is 4. The molecule has 0 atom stereocenters. The molecule has 5 nitrogen and oxygen atoms in total. The highest BCUT2D eigenvalue weighted by atomic mass is 35.5. The summed E-state index contributed by atoms with van der Waals surface area (Å²) >= 11 is 6.80. The Labute approximate surface area is 165 Å². The molecule has 2 aromatic carbocycles. The minimum Gasteiger partial charge on any atom is -0.325 e. The molecule has 0 aliphatic carbocycles. The number of thiophene rings is 1. The van der Waals surface area contributed by atoms with Crippen molar-refractivity contribution in [2.45, 2.75) is 4.21 Å². The van der Waals surface area contributed by atoms with Crippen molar-refractivity contribution < 1.29 is 17.6 Å². The van der Waals surface area contributed by atoms with Crippen molar-refractivity contribution >= 4 is 50.2 Å². The van der Waals surface area contributed by atoms with Gasteiger partial charge in [0.15, 0.2) is 0 Å². The van der Waals surface area contributed by atoms with Gasteiger partial charge in [-0.2, -0.15) is 0 Å². The molecule has 0 spiro atoms. The quantitative estimate of drug-likeness (QED) is 0.638. The van der Waals surface area contributed by atoms with E-state index in [1.54, 1.807) is 35.7 Å². The Morgan fingerprint density at radius 2 is 1.78 bits per heavy atom. The summed E-state index contributed by atoms with van der Waals surface area (Å²) in [5.74, 6) is -1.35. The number of para-hydroxylation sites is 1. The third kappa shape index (κ3) is 4.47. The van der Waals surface area contributed by atoms with E-state index in [9.17, 15) is 17.6 Å². The van der Waals surface area contributed by atoms with Crippen LogP contribution in [0.4, 0.5) is 15.8 Å². The van der Waals surface area contributed by atoms with E-state index in [0.29, 0.717) is 10.7 Å². The fraction of sp³-hybridized carbons (Fsp3) is 0.0556. The molecule has 0 saturated heterocycles. The summed E-state index contributed by atoms with van der Waals surface area (Å²) in [6.07, 6.45) is 0. The number of hydrogen-bond donors (Lipinski definition) is 1. The summed E-state index contributed by atoms with van der Waals surface area (Å²) in [5, 5.41) is 4.68. The lowest BCUT2D eigenvalue weighted by Crippen LogP contribution is -2.38. The lowest BCUT2D eigenvalue weighted by molar-refractivity contribution is -0.114. The molecule has 140 valence electrons. The molecule has 1 amide bonds. The van der Waals surface area contributed by atoms with Gasteiger partial charge in [-0.15, -0.1) is 11.3 Å². The summed E-state index contributed by atoms with van der Waals surface area (Å²) in [5.41, 5.74) is 0.253. The molecule has 9 heteroatoms. The Kier molecular flexibility index (Phi) is 5.79. The molecule has 3 rings (SSSR count). The number of amides is 1. The van der Waals surface area contributed by atoms with Crippen LogP contribution in [0.3, 0.4) is 0 Å². The highest BCUT2D eigenvalue weighted by Crippen LogP contribution is 2.28. The molecule has 27 heavy (non-hydrogen) atoms. The molecule has 0 unspecified atom stereocenters. The molecule has 0 aliphatic rings. The number of halogens is 2. The number of carbonyl (C=O) groups excluding carboxylic acids is 1. The predicted molar refractivity (Wildman–Crippen MR) is 105 cm³/mol. The maximum Gasteiger partial charge on any atom is 0.274 e. The maximum atomic E-state index is 14.3. The second-order valence-electron chi connectivity index (χ2n) is 5.45. The molecule has 3 aromatic rings. The zero-order valence-electron chi connectivity index (χ0n) is 13.8. The Balaban J connectivity index is 1.92. The molecule has 0 radical (unpaired) electrons. The lowest BCUT2D eigenvalue weighted by Gasteiger charge is -2.23. The SMILES string of the molecule is O=C(CN(c1ccccc1F)S(=O)(=O)c1cccs1)Nc1ccc(Cl)cc1. The van der Waals surface area contributed by atoms with Crippen LogP contribution in [-0.4, -0.2) is 20.9 Å². The first-order valence-corrected chi connectivity index (χ1v) is 10.4. The normalized spacial score (nSPS) is 11.2. The largest absolute Gasteiger partial charge is 0.325 e. The van der Waals surface area contributed by atoms with Gasteiger partial charge in [-0.3, -0.25) is 9.10 Å². The molecule has 1 aromatic heterocycles. The van der Waals surface area contributed by atoms with Gasteiger partial charge in [0.1, 0.15) is 16.6 Å². The van der Waals surface area contributed by atoms with Gasteiger partial charge in [0.25, 0.3) is 10.0 Å². The van der Waals surface area contributed by atoms with E-state index in [4.69, 9.17) is 11.6 Å². The first-order chi connectivity index (χ1) is 12.9. The number of sulfonamides is 1. The number of nitrogens with zero attached hydrogens (tertiary/aromatic N) is 1. The highest BCUT2D eigenvalue weighted by Gasteiger charge is 2.29. The van der Waals surface area contributed by atoms with Crippen LogP contribution in [0.25, 0.3) is 0 Å². The van der Waals surface area contributed by atoms with Crippen molar-refractivity contribution in [3.8, 4) is 0 Å². The molecular weight excluding hydrogens is 411 g/mol. The average Bonchev–Trinajstić information content (AvgIpc) is 3.18. The monoisotopic (exact) mass is 424 g/mol. The third-order valence-corrected chi connectivity index (χ3v) is 6.96. The lowest BCUT2D eigenvalue weighted by atomic mass is 10.3. The van der Waals surface area contributed by atoms with Crippen LogP contribution >= 0.6 is 22.9 Å². The number of benzene rings is 2. The van der Waals surface area contributed by atoms with Gasteiger partial charge in [-0.1, -0.05) is 29.8 Å². The fourth-order valence-corrected chi connectivity index (χ4v) is 5.00. The van der Waals surface area contributed by atoms with Gasteiger partial charge in [-0.05, 0) is 47.8 Å². The van der Waals surface area contributed by atoms with E-state index >= 15 is 0 Å². The summed E-state index contributed by atoms with van der Waals surface area (Å²) in [6.45, 7) is -0.580. The second kappa shape index (κ2) is 8.08. The smallest absolute Gasteiger partial charge is 0.274 e. The summed E-state index contributed by atoms with van der Waals surface area (Å²) in [6, 6.07) is 14.7. The van der Waals surface area contributed by atoms with Crippen LogP contribution in [-0.2, 0) is 14.8 Å². The van der Waals surface area contributed by atoms with Crippen LogP contribution in [0.15, 0.2) is 70.3 Å². The first kappa shape index (κ1) is 19.3. The molecule has 1 heterocycles. The summed E-state index contributed by atoms with van der Waals surface area (Å²) < 4.78 is 41.0. The van der Waals surface area contributed by atoms with Crippen LogP contribution in [0.2, 0.25) is 5.02 Å². The van der Waals surface area contributed by atoms with E-state index in [1.165, 1.54) is 24.3 Å². The zero-order valence-corrected chi connectivity index (χ0v) is 16.2. The number of anilines is 2. The molecule has 0 bridgehead atoms. The fourth-order valence-electron chi connectivity index (χ4n) is 2.34. The second-order valence-corrected chi connectivity index (χ2v) is 8.92. The van der Waals surface area contributed by atoms with Crippen molar-refractivity contribution in [2.75, 3.05) is 16.2 Å². The Hall–Kier alpha value is -2.42. The first-order valence-electron chi connectivity index (χ1n) is 7.74. The number of rotatable bonds is 6. The van der Waals surface area contributed by atoms with Gasteiger partial charge in [0.05, 0.1) is 5.69 Å². The third-order valence-electron chi connectivity index (χ3n) is 3.58. The summed E-state index contributed by atoms with van der Waals surface area (Å²) in [4.78, 5) is 12.4. The standard InChI is InChI=1S/C18H14ClFN2O3S2/c19-13-7-9-14(10-8-13)21-17(23)12-22(16-5-2-1-4-15(16)20)27(24,25)18-6-3-11-26-18/h1-11H,12H2,(H,21,23). The van der Waals surface area contributed by atoms with E-state index in [2.05, 4.69) is 5.32 Å². The number of carbonyl (C=O) groups is 1. The van der Waals surface area contributed by atoms with Gasteiger partial charge in [-0.25, -0.2) is 12.8 Å². The topological polar surface area (TPSA) is 66.5 Å². The van der Waals surface area contributed by atoms with Gasteiger partial charge < -0.3 is 5.32 Å². The Morgan fingerprint density at radius 3 is 2.41 bits per heavy atom. The Bertz CT molecular complexity index is 1040. The van der Waals surface area contributed by atoms with Crippen molar-refractivity contribution in [1.29, 1.82) is 0 Å². The van der Waals surface area contributed by atoms with Gasteiger partial charge in [0, 0.05) is 10.7 Å². The maximum absolute atomic E-state index is 14.3. The van der Waals surface area contributed by atoms with Crippen LogP contribution < -0.4 is 9.62 Å². The minimum atomic E-state index is -4.10. The van der Waals surface area contributed by atoms with Crippen LogP contribution in [0.1, 0.15) is 0 Å². The molecule has 0 fully saturated rings. The zero-order chi connectivity index (χ0) is 19.4. The van der Waals surface area contributed by atoms with Crippen molar-refractivity contribution in [3.05, 3.63) is 76.9 Å². The van der Waals surface area contributed by atoms with Gasteiger partial charge in [0.2, 0.25) is 5.91 Å². The number of nitrogens with one attached hydrogen (secondary N) is 1. The van der Waals surface area contributed by atoms with E-state index < -0.39 is 28.3 Å². The van der Waals surface area contributed by atoms with Crippen LogP contribution in [0, 0.1) is 5.82 Å². The van der Waals surface area contributed by atoms with E-state index in [0.717, 1.165) is 21.7 Å². The minimum absolute atomic E-state index is 0.0186. The van der Waals surface area contributed by atoms with E-state index in [-0.39, 0.29) is 9.90 Å². The predicted octanol–water partition coefficient (Wildman–Crippen LogP) is 4.37. The molecule has 0 saturated carbocycles. The average molecular weight is 425 g/mol. The Morgan fingerprint density at radius 1 is 1.07 bits per heavy atom. The molecule has 1 N–H and O–H groups in total. The van der Waals surface area contributed by atoms with Crippen molar-refractivity contribution in [1.82, 2.24) is 0 Å². The van der Waals surface area contributed by atoms with Crippen LogP contribution in [0.5, 0.6) is 0 Å². The van der Waals surface area contributed by atoms with E-state index in [1.807, 2.05) is 0 Å². The highest BCUT2D eigenvalue weighted by molar-refractivity contribution is 7.94.